The molecule has 1 unspecified atom stereocenters. The Bertz CT molecular complexity index is 489. The lowest BCUT2D eigenvalue weighted by atomic mass is 10.2. The molecule has 6 heteroatoms. The van der Waals surface area contributed by atoms with Gasteiger partial charge in [-0.1, -0.05) is 0 Å². The number of hydrogen-bond donors (Lipinski definition) is 2. The molecule has 1 saturated heterocycles. The summed E-state index contributed by atoms with van der Waals surface area (Å²) in [6.45, 7) is 9.29. The van der Waals surface area contributed by atoms with E-state index in [2.05, 4.69) is 34.2 Å². The second kappa shape index (κ2) is 9.97. The molecule has 0 saturated carbocycles. The number of rotatable bonds is 9. The molecule has 1 fully saturated rings. The number of hydrogen-bond acceptors (Lipinski definition) is 6. The van der Waals surface area contributed by atoms with Crippen LogP contribution in [0, 0.1) is 0 Å². The lowest BCUT2D eigenvalue weighted by molar-refractivity contribution is 0.0716. The highest BCUT2D eigenvalue weighted by Crippen LogP contribution is 2.20. The van der Waals surface area contributed by atoms with E-state index < -0.39 is 0 Å². The molecule has 142 valence electrons. The van der Waals surface area contributed by atoms with Crippen LogP contribution in [0.25, 0.3) is 0 Å². The van der Waals surface area contributed by atoms with Crippen LogP contribution in [-0.4, -0.2) is 81.7 Å². The minimum atomic E-state index is -0.362. The van der Waals surface area contributed by atoms with Crippen LogP contribution in [-0.2, 0) is 4.74 Å². The Morgan fingerprint density at radius 2 is 1.72 bits per heavy atom. The van der Waals surface area contributed by atoms with Crippen molar-refractivity contribution < 1.29 is 14.6 Å². The highest BCUT2D eigenvalue weighted by molar-refractivity contribution is 5.49. The Kier molecular flexibility index (Phi) is 7.96. The van der Waals surface area contributed by atoms with Crippen molar-refractivity contribution in [3.63, 3.8) is 0 Å². The topological polar surface area (TPSA) is 57.2 Å². The number of aliphatic hydroxyl groups excluding tert-OH is 1. The third-order valence-corrected chi connectivity index (χ3v) is 5.03. The third kappa shape index (κ3) is 6.15. The van der Waals surface area contributed by atoms with Crippen molar-refractivity contribution in [2.45, 2.75) is 32.1 Å². The summed E-state index contributed by atoms with van der Waals surface area (Å²) in [7, 11) is 3.40. The van der Waals surface area contributed by atoms with Gasteiger partial charge in [-0.25, -0.2) is 0 Å². The van der Waals surface area contributed by atoms with Crippen molar-refractivity contribution in [3.05, 3.63) is 24.3 Å². The fraction of sp³-hybridized carbons (Fsp3) is 0.684. The van der Waals surface area contributed by atoms with Gasteiger partial charge in [-0.15, -0.1) is 0 Å². The zero-order chi connectivity index (χ0) is 18.2. The van der Waals surface area contributed by atoms with Crippen molar-refractivity contribution in [1.29, 1.82) is 0 Å². The first-order chi connectivity index (χ1) is 12.0. The minimum Gasteiger partial charge on any atom is -0.497 e. The second-order valence-corrected chi connectivity index (χ2v) is 6.78. The van der Waals surface area contributed by atoms with Gasteiger partial charge in [0.25, 0.3) is 0 Å². The smallest absolute Gasteiger partial charge is 0.119 e. The van der Waals surface area contributed by atoms with Gasteiger partial charge >= 0.3 is 0 Å². The number of aliphatic hydroxyl groups is 1. The number of nitrogens with zero attached hydrogens (tertiary/aromatic N) is 2. The van der Waals surface area contributed by atoms with Crippen LogP contribution in [0.1, 0.15) is 13.8 Å². The average molecular weight is 351 g/mol. The highest BCUT2D eigenvalue weighted by Gasteiger charge is 2.20. The normalized spacial score (nSPS) is 19.5. The predicted octanol–water partition coefficient (Wildman–Crippen LogP) is 1.19. The van der Waals surface area contributed by atoms with Crippen molar-refractivity contribution in [1.82, 2.24) is 10.2 Å². The molecule has 6 nitrogen and oxygen atoms in total. The first-order valence-corrected chi connectivity index (χ1v) is 9.09. The van der Waals surface area contributed by atoms with Gasteiger partial charge in [0.15, 0.2) is 0 Å². The summed E-state index contributed by atoms with van der Waals surface area (Å²) in [5.74, 6) is 0.884. The summed E-state index contributed by atoms with van der Waals surface area (Å²) in [5, 5.41) is 13.6. The number of piperazine rings is 1. The Hall–Kier alpha value is -1.34. The molecule has 0 spiro atoms. The van der Waals surface area contributed by atoms with Gasteiger partial charge in [0.05, 0.1) is 19.3 Å². The highest BCUT2D eigenvalue weighted by atomic mass is 16.5. The molecule has 0 aliphatic carbocycles. The Morgan fingerprint density at radius 1 is 1.08 bits per heavy atom. The van der Waals surface area contributed by atoms with E-state index in [1.165, 1.54) is 5.69 Å². The van der Waals surface area contributed by atoms with Crippen LogP contribution in [0.5, 0.6) is 5.75 Å². The number of methoxy groups -OCH3 is 2. The quantitative estimate of drug-likeness (QED) is 0.697. The lowest BCUT2D eigenvalue weighted by Gasteiger charge is -2.37. The van der Waals surface area contributed by atoms with Gasteiger partial charge in [-0.05, 0) is 38.1 Å². The Morgan fingerprint density at radius 3 is 2.28 bits per heavy atom. The number of nitrogens with one attached hydrogen (secondary N) is 1. The maximum atomic E-state index is 10.3. The number of ether oxygens (including phenoxy) is 2. The number of anilines is 1. The molecule has 1 heterocycles. The van der Waals surface area contributed by atoms with E-state index in [1.807, 2.05) is 19.1 Å². The zero-order valence-corrected chi connectivity index (χ0v) is 15.9. The van der Waals surface area contributed by atoms with Crippen molar-refractivity contribution in [2.75, 3.05) is 58.4 Å². The van der Waals surface area contributed by atoms with E-state index in [9.17, 15) is 5.11 Å². The van der Waals surface area contributed by atoms with Gasteiger partial charge in [-0.3, -0.25) is 4.90 Å². The van der Waals surface area contributed by atoms with Crippen LogP contribution < -0.4 is 15.0 Å². The molecule has 2 N–H and O–H groups in total. The maximum absolute atomic E-state index is 10.3. The summed E-state index contributed by atoms with van der Waals surface area (Å²) in [5.41, 5.74) is 1.23. The molecule has 0 amide bonds. The molecule has 1 aliphatic rings. The van der Waals surface area contributed by atoms with Crippen molar-refractivity contribution >= 4 is 5.69 Å². The molecule has 0 bridgehead atoms. The molecule has 0 radical (unpaired) electrons. The first-order valence-electron chi connectivity index (χ1n) is 9.09. The largest absolute Gasteiger partial charge is 0.497 e. The lowest BCUT2D eigenvalue weighted by Crippen LogP contribution is -2.50. The first kappa shape index (κ1) is 20.0. The van der Waals surface area contributed by atoms with Crippen LogP contribution >= 0.6 is 0 Å². The summed E-state index contributed by atoms with van der Waals surface area (Å²) in [6.07, 6.45) is -0.223. The van der Waals surface area contributed by atoms with E-state index in [4.69, 9.17) is 9.47 Å². The number of β-amino-alcohol motifs (C(OH)–C–C–N with tert-alkyl or cyclic N) is 1. The van der Waals surface area contributed by atoms with E-state index in [-0.39, 0.29) is 18.2 Å². The number of benzene rings is 1. The predicted molar refractivity (Wildman–Crippen MR) is 102 cm³/mol. The summed E-state index contributed by atoms with van der Waals surface area (Å²) >= 11 is 0. The fourth-order valence-electron chi connectivity index (χ4n) is 3.04. The van der Waals surface area contributed by atoms with E-state index >= 15 is 0 Å². The molecule has 1 aromatic carbocycles. The monoisotopic (exact) mass is 351 g/mol. The Labute approximate surface area is 151 Å². The van der Waals surface area contributed by atoms with Gasteiger partial charge in [0.1, 0.15) is 5.75 Å². The Balaban J connectivity index is 1.70. The fourth-order valence-corrected chi connectivity index (χ4v) is 3.04. The van der Waals surface area contributed by atoms with E-state index in [0.717, 1.165) is 31.9 Å². The van der Waals surface area contributed by atoms with Crippen LogP contribution in [0.4, 0.5) is 5.69 Å². The standard InChI is InChI=1S/C19H33N3O3/c1-15(16(2)24-3)20-13-18(23)14-21-9-11-22(12-10-21)17-5-7-19(25-4)8-6-17/h5-8,15-16,18,20,23H,9-14H2,1-4H3/t15-,16-,18?/m0/s1. The average Bonchev–Trinajstić information content (AvgIpc) is 2.66. The van der Waals surface area contributed by atoms with Crippen molar-refractivity contribution in [3.8, 4) is 5.75 Å². The van der Waals surface area contributed by atoms with Crippen LogP contribution in [0.2, 0.25) is 0 Å². The summed E-state index contributed by atoms with van der Waals surface area (Å²) in [4.78, 5) is 4.71. The molecular formula is C19H33N3O3. The van der Waals surface area contributed by atoms with Gasteiger partial charge < -0.3 is 24.8 Å². The second-order valence-electron chi connectivity index (χ2n) is 6.78. The summed E-state index contributed by atoms with van der Waals surface area (Å²) < 4.78 is 10.5. The molecule has 3 atom stereocenters. The molecule has 2 rings (SSSR count). The molecular weight excluding hydrogens is 318 g/mol. The van der Waals surface area contributed by atoms with Crippen LogP contribution in [0.15, 0.2) is 24.3 Å². The zero-order valence-electron chi connectivity index (χ0n) is 15.9. The molecule has 0 aromatic heterocycles. The van der Waals surface area contributed by atoms with Gasteiger partial charge in [0, 0.05) is 58.1 Å². The van der Waals surface area contributed by atoms with Gasteiger partial charge in [-0.2, -0.15) is 0 Å². The van der Waals surface area contributed by atoms with Crippen LogP contribution in [0.3, 0.4) is 0 Å². The van der Waals surface area contributed by atoms with E-state index in [1.54, 1.807) is 14.2 Å². The van der Waals surface area contributed by atoms with Gasteiger partial charge in [0.2, 0.25) is 0 Å². The van der Waals surface area contributed by atoms with Crippen molar-refractivity contribution in [2.24, 2.45) is 0 Å². The molecule has 1 aliphatic heterocycles. The third-order valence-electron chi connectivity index (χ3n) is 5.03. The summed E-state index contributed by atoms with van der Waals surface area (Å²) in [6, 6.07) is 8.43. The SMILES string of the molecule is COc1ccc(N2CCN(CC(O)CN[C@@H](C)[C@H](C)OC)CC2)cc1. The maximum Gasteiger partial charge on any atom is 0.119 e. The van der Waals surface area contributed by atoms with E-state index in [0.29, 0.717) is 13.1 Å². The minimum absolute atomic E-state index is 0.139. The molecule has 25 heavy (non-hydrogen) atoms. The molecule has 1 aromatic rings.